The molecule has 20 heavy (non-hydrogen) atoms. The molecule has 0 aliphatic rings. The second-order valence-electron chi connectivity index (χ2n) is 5.91. The van der Waals surface area contributed by atoms with E-state index in [2.05, 4.69) is 56.0 Å². The fraction of sp³-hybridized carbons (Fsp3) is 0.500. The normalized spacial score (nSPS) is 12.9. The summed E-state index contributed by atoms with van der Waals surface area (Å²) in [7, 11) is 0. The molecule has 1 heterocycles. The van der Waals surface area contributed by atoms with Gasteiger partial charge in [0, 0.05) is 19.0 Å². The Morgan fingerprint density at radius 3 is 2.60 bits per heavy atom. The minimum absolute atomic E-state index is 0.0376. The van der Waals surface area contributed by atoms with Gasteiger partial charge in [0.2, 0.25) is 0 Å². The van der Waals surface area contributed by atoms with Gasteiger partial charge in [0.1, 0.15) is 12.2 Å². The summed E-state index contributed by atoms with van der Waals surface area (Å²) in [4.78, 5) is 4.35. The van der Waals surface area contributed by atoms with Crippen molar-refractivity contribution in [2.24, 2.45) is 11.7 Å². The summed E-state index contributed by atoms with van der Waals surface area (Å²) in [5, 5.41) is 4.28. The lowest BCUT2D eigenvalue weighted by Crippen LogP contribution is -2.18. The standard InChI is InChI=1S/C16H24N4/c1-11(2)9-20-16(18-10-19-20)8-15(17)14-6-5-12(3)13(4)7-14/h5-7,10-11,15H,8-9,17H2,1-4H3. The number of aromatic nitrogens is 3. The van der Waals surface area contributed by atoms with Crippen LogP contribution in [0.15, 0.2) is 24.5 Å². The Bertz CT molecular complexity index is 572. The van der Waals surface area contributed by atoms with Crippen LogP contribution in [0.5, 0.6) is 0 Å². The van der Waals surface area contributed by atoms with E-state index in [1.165, 1.54) is 11.1 Å². The first-order valence-corrected chi connectivity index (χ1v) is 7.16. The summed E-state index contributed by atoms with van der Waals surface area (Å²) in [5.41, 5.74) is 10.1. The molecule has 0 aliphatic heterocycles. The van der Waals surface area contributed by atoms with E-state index in [9.17, 15) is 0 Å². The zero-order chi connectivity index (χ0) is 14.7. The number of hydrogen-bond acceptors (Lipinski definition) is 3. The predicted octanol–water partition coefficient (Wildman–Crippen LogP) is 2.79. The van der Waals surface area contributed by atoms with Crippen LogP contribution in [0.1, 0.15) is 42.4 Å². The molecule has 4 nitrogen and oxygen atoms in total. The van der Waals surface area contributed by atoms with E-state index in [0.29, 0.717) is 5.92 Å². The van der Waals surface area contributed by atoms with Gasteiger partial charge in [-0.2, -0.15) is 5.10 Å². The summed E-state index contributed by atoms with van der Waals surface area (Å²) >= 11 is 0. The van der Waals surface area contributed by atoms with Gasteiger partial charge in [0.25, 0.3) is 0 Å². The monoisotopic (exact) mass is 272 g/mol. The molecule has 1 aromatic heterocycles. The van der Waals surface area contributed by atoms with E-state index in [-0.39, 0.29) is 6.04 Å². The molecule has 4 heteroatoms. The van der Waals surface area contributed by atoms with Crippen LogP contribution in [-0.2, 0) is 13.0 Å². The molecule has 0 saturated heterocycles. The van der Waals surface area contributed by atoms with Crippen LogP contribution in [0.25, 0.3) is 0 Å². The van der Waals surface area contributed by atoms with E-state index >= 15 is 0 Å². The SMILES string of the molecule is Cc1ccc(C(N)Cc2ncnn2CC(C)C)cc1C. The van der Waals surface area contributed by atoms with Crippen molar-refractivity contribution in [3.8, 4) is 0 Å². The Labute approximate surface area is 121 Å². The van der Waals surface area contributed by atoms with Gasteiger partial charge >= 0.3 is 0 Å². The number of rotatable bonds is 5. The quantitative estimate of drug-likeness (QED) is 0.910. The molecule has 0 amide bonds. The zero-order valence-corrected chi connectivity index (χ0v) is 12.8. The molecule has 0 fully saturated rings. The average molecular weight is 272 g/mol. The molecule has 1 atom stereocenters. The van der Waals surface area contributed by atoms with Crippen molar-refractivity contribution in [1.29, 1.82) is 0 Å². The van der Waals surface area contributed by atoms with E-state index < -0.39 is 0 Å². The van der Waals surface area contributed by atoms with Gasteiger partial charge < -0.3 is 5.73 Å². The third-order valence-corrected chi connectivity index (χ3v) is 3.60. The smallest absolute Gasteiger partial charge is 0.138 e. The summed E-state index contributed by atoms with van der Waals surface area (Å²) in [5.74, 6) is 1.51. The fourth-order valence-electron chi connectivity index (χ4n) is 2.25. The zero-order valence-electron chi connectivity index (χ0n) is 12.8. The molecule has 1 unspecified atom stereocenters. The molecular weight excluding hydrogens is 248 g/mol. The van der Waals surface area contributed by atoms with Crippen LogP contribution in [0.3, 0.4) is 0 Å². The van der Waals surface area contributed by atoms with Crippen LogP contribution >= 0.6 is 0 Å². The molecule has 1 aromatic carbocycles. The van der Waals surface area contributed by atoms with Crippen molar-refractivity contribution in [1.82, 2.24) is 14.8 Å². The minimum Gasteiger partial charge on any atom is -0.324 e. The molecule has 0 spiro atoms. The average Bonchev–Trinajstić information content (AvgIpc) is 2.79. The first-order valence-electron chi connectivity index (χ1n) is 7.16. The van der Waals surface area contributed by atoms with Gasteiger partial charge in [0.05, 0.1) is 0 Å². The highest BCUT2D eigenvalue weighted by molar-refractivity contribution is 5.31. The van der Waals surface area contributed by atoms with E-state index in [1.807, 2.05) is 4.68 Å². The van der Waals surface area contributed by atoms with Crippen LogP contribution in [0.2, 0.25) is 0 Å². The van der Waals surface area contributed by atoms with Crippen molar-refractivity contribution in [3.05, 3.63) is 47.0 Å². The van der Waals surface area contributed by atoms with Crippen molar-refractivity contribution in [2.75, 3.05) is 0 Å². The van der Waals surface area contributed by atoms with Crippen LogP contribution in [0.4, 0.5) is 0 Å². The Balaban J connectivity index is 2.13. The molecule has 0 aliphatic carbocycles. The maximum atomic E-state index is 6.32. The molecule has 108 valence electrons. The molecule has 0 saturated carbocycles. The van der Waals surface area contributed by atoms with Gasteiger partial charge in [-0.25, -0.2) is 9.67 Å². The van der Waals surface area contributed by atoms with Gasteiger partial charge in [0.15, 0.2) is 0 Å². The molecule has 0 bridgehead atoms. The molecule has 2 N–H and O–H groups in total. The summed E-state index contributed by atoms with van der Waals surface area (Å²) in [6.45, 7) is 9.47. The number of nitrogens with two attached hydrogens (primary N) is 1. The van der Waals surface area contributed by atoms with Crippen LogP contribution < -0.4 is 5.73 Å². The summed E-state index contributed by atoms with van der Waals surface area (Å²) in [6, 6.07) is 6.37. The van der Waals surface area contributed by atoms with Crippen molar-refractivity contribution in [2.45, 2.75) is 46.7 Å². The lowest BCUT2D eigenvalue weighted by molar-refractivity contribution is 0.459. The highest BCUT2D eigenvalue weighted by Crippen LogP contribution is 2.18. The molecule has 2 rings (SSSR count). The first-order chi connectivity index (χ1) is 9.47. The number of aryl methyl sites for hydroxylation is 2. The maximum absolute atomic E-state index is 6.32. The van der Waals surface area contributed by atoms with Crippen molar-refractivity contribution >= 4 is 0 Å². The molecule has 0 radical (unpaired) electrons. The number of nitrogens with zero attached hydrogens (tertiary/aromatic N) is 3. The minimum atomic E-state index is -0.0376. The second-order valence-corrected chi connectivity index (χ2v) is 5.91. The van der Waals surface area contributed by atoms with E-state index in [1.54, 1.807) is 6.33 Å². The fourth-order valence-corrected chi connectivity index (χ4v) is 2.25. The van der Waals surface area contributed by atoms with Crippen molar-refractivity contribution in [3.63, 3.8) is 0 Å². The number of benzene rings is 1. The van der Waals surface area contributed by atoms with Crippen LogP contribution in [0, 0.1) is 19.8 Å². The Morgan fingerprint density at radius 1 is 1.20 bits per heavy atom. The third kappa shape index (κ3) is 3.45. The largest absolute Gasteiger partial charge is 0.324 e. The first kappa shape index (κ1) is 14.7. The van der Waals surface area contributed by atoms with E-state index in [4.69, 9.17) is 5.73 Å². The van der Waals surface area contributed by atoms with Gasteiger partial charge in [-0.1, -0.05) is 32.0 Å². The Kier molecular flexibility index (Phi) is 4.55. The highest BCUT2D eigenvalue weighted by atomic mass is 15.3. The predicted molar refractivity (Wildman–Crippen MR) is 81.4 cm³/mol. The van der Waals surface area contributed by atoms with Crippen molar-refractivity contribution < 1.29 is 0 Å². The van der Waals surface area contributed by atoms with Crippen LogP contribution in [-0.4, -0.2) is 14.8 Å². The molecule has 2 aromatic rings. The Morgan fingerprint density at radius 2 is 1.95 bits per heavy atom. The van der Waals surface area contributed by atoms with Gasteiger partial charge in [-0.3, -0.25) is 0 Å². The van der Waals surface area contributed by atoms with E-state index in [0.717, 1.165) is 24.4 Å². The lowest BCUT2D eigenvalue weighted by atomic mass is 9.99. The number of hydrogen-bond donors (Lipinski definition) is 1. The second kappa shape index (κ2) is 6.18. The maximum Gasteiger partial charge on any atom is 0.138 e. The van der Waals surface area contributed by atoms with Gasteiger partial charge in [-0.05, 0) is 36.5 Å². The molecular formula is C16H24N4. The lowest BCUT2D eigenvalue weighted by Gasteiger charge is -2.15. The third-order valence-electron chi connectivity index (χ3n) is 3.60. The Hall–Kier alpha value is -1.68. The summed E-state index contributed by atoms with van der Waals surface area (Å²) < 4.78 is 1.96. The topological polar surface area (TPSA) is 56.7 Å². The highest BCUT2D eigenvalue weighted by Gasteiger charge is 2.13. The van der Waals surface area contributed by atoms with Gasteiger partial charge in [-0.15, -0.1) is 0 Å². The summed E-state index contributed by atoms with van der Waals surface area (Å²) in [6.07, 6.45) is 2.33.